The lowest BCUT2D eigenvalue weighted by Crippen LogP contribution is -2.39. The molecule has 3 aromatic rings. The van der Waals surface area contributed by atoms with Crippen LogP contribution in [-0.2, 0) is 6.54 Å². The first kappa shape index (κ1) is 21.9. The summed E-state index contributed by atoms with van der Waals surface area (Å²) in [4.78, 5) is 7.55. The van der Waals surface area contributed by atoms with Crippen LogP contribution in [0.25, 0.3) is 10.2 Å². The third-order valence-corrected chi connectivity index (χ3v) is 7.09. The summed E-state index contributed by atoms with van der Waals surface area (Å²) in [7, 11) is 1.80. The minimum Gasteiger partial charge on any atom is -0.411 e. The molecule has 0 spiro atoms. The predicted octanol–water partition coefficient (Wildman–Crippen LogP) is 4.76. The van der Waals surface area contributed by atoms with Gasteiger partial charge in [-0.15, -0.1) is 0 Å². The summed E-state index contributed by atoms with van der Waals surface area (Å²) in [6.07, 6.45) is 1.93. The molecule has 9 heteroatoms. The first-order valence-electron chi connectivity index (χ1n) is 10.1. The second kappa shape index (κ2) is 9.46. The van der Waals surface area contributed by atoms with E-state index in [1.165, 1.54) is 12.1 Å². The maximum absolute atomic E-state index is 14.1. The Morgan fingerprint density at radius 3 is 2.65 bits per heavy atom. The second-order valence-corrected chi connectivity index (χ2v) is 9.17. The molecule has 4 rings (SSSR count). The van der Waals surface area contributed by atoms with Gasteiger partial charge in [-0.25, -0.2) is 8.78 Å². The maximum Gasteiger partial charge on any atom is 0.185 e. The zero-order valence-electron chi connectivity index (χ0n) is 17.1. The average molecular weight is 465 g/mol. The monoisotopic (exact) mass is 464 g/mol. The van der Waals surface area contributed by atoms with Crippen LogP contribution in [0.3, 0.4) is 0 Å². The van der Waals surface area contributed by atoms with Gasteiger partial charge in [0.1, 0.15) is 17.3 Å². The summed E-state index contributed by atoms with van der Waals surface area (Å²) in [6, 6.07) is 9.20. The van der Waals surface area contributed by atoms with Crippen molar-refractivity contribution in [2.45, 2.75) is 19.4 Å². The molecular formula is C22H23ClF2N4OS. The summed E-state index contributed by atoms with van der Waals surface area (Å²) >= 11 is 7.77. The van der Waals surface area contributed by atoms with Crippen molar-refractivity contribution < 1.29 is 14.0 Å². The van der Waals surface area contributed by atoms with Crippen molar-refractivity contribution in [2.75, 3.05) is 26.7 Å². The number of thiazole rings is 1. The van der Waals surface area contributed by atoms with Crippen molar-refractivity contribution in [1.29, 1.82) is 0 Å². The number of nitrogens with zero attached hydrogens (tertiary/aromatic N) is 4. The molecule has 1 aromatic heterocycles. The minimum atomic E-state index is -0.723. The number of hydrogen-bond donors (Lipinski definition) is 1. The summed E-state index contributed by atoms with van der Waals surface area (Å²) in [5, 5.41) is 13.4. The molecule has 0 aliphatic carbocycles. The lowest BCUT2D eigenvalue weighted by molar-refractivity contribution is 0.191. The Morgan fingerprint density at radius 1 is 1.19 bits per heavy atom. The van der Waals surface area contributed by atoms with Gasteiger partial charge in [0.25, 0.3) is 0 Å². The average Bonchev–Trinajstić information content (AvgIpc) is 3.10. The quantitative estimate of drug-likeness (QED) is 0.336. The van der Waals surface area contributed by atoms with Crippen molar-refractivity contribution in [3.63, 3.8) is 0 Å². The fourth-order valence-electron chi connectivity index (χ4n) is 4.08. The second-order valence-electron chi connectivity index (χ2n) is 7.72. The normalized spacial score (nSPS) is 17.0. The molecule has 1 N–H and O–H groups in total. The predicted molar refractivity (Wildman–Crippen MR) is 120 cm³/mol. The number of oxime groups is 1. The van der Waals surface area contributed by atoms with Gasteiger partial charge in [-0.3, -0.25) is 9.89 Å². The van der Waals surface area contributed by atoms with Crippen LogP contribution in [0.15, 0.2) is 46.5 Å². The molecule has 2 aromatic carbocycles. The van der Waals surface area contributed by atoms with Gasteiger partial charge in [-0.05, 0) is 62.2 Å². The smallest absolute Gasteiger partial charge is 0.185 e. The van der Waals surface area contributed by atoms with Crippen LogP contribution in [0.1, 0.15) is 18.4 Å². The van der Waals surface area contributed by atoms with E-state index in [9.17, 15) is 14.0 Å². The number of halogens is 3. The molecule has 1 saturated heterocycles. The number of likely N-dealkylation sites (tertiary alicyclic amines) is 1. The van der Waals surface area contributed by atoms with Gasteiger partial charge in [0, 0.05) is 36.8 Å². The van der Waals surface area contributed by atoms with Crippen LogP contribution in [0, 0.1) is 17.6 Å². The number of hydrogen-bond acceptors (Lipinski definition) is 5. The Morgan fingerprint density at radius 2 is 1.97 bits per heavy atom. The molecule has 31 heavy (non-hydrogen) atoms. The van der Waals surface area contributed by atoms with Crippen molar-refractivity contribution in [3.8, 4) is 0 Å². The third-order valence-electron chi connectivity index (χ3n) is 5.72. The molecule has 0 atom stereocenters. The molecular weight excluding hydrogens is 442 g/mol. The number of fused-ring (bicyclic) bond motifs is 1. The number of piperidine rings is 1. The van der Waals surface area contributed by atoms with Crippen LogP contribution in [0.5, 0.6) is 0 Å². The third kappa shape index (κ3) is 4.81. The van der Waals surface area contributed by atoms with Gasteiger partial charge in [-0.2, -0.15) is 0 Å². The summed E-state index contributed by atoms with van der Waals surface area (Å²) in [5.41, 5.74) is 1.47. The summed E-state index contributed by atoms with van der Waals surface area (Å²) in [5.74, 6) is -0.898. The topological polar surface area (TPSA) is 53.1 Å². The largest absolute Gasteiger partial charge is 0.411 e. The Bertz CT molecular complexity index is 1180. The van der Waals surface area contributed by atoms with E-state index in [1.807, 2.05) is 18.2 Å². The van der Waals surface area contributed by atoms with Gasteiger partial charge in [0.2, 0.25) is 0 Å². The fraction of sp³-hybridized carbons (Fsp3) is 0.364. The first-order valence-corrected chi connectivity index (χ1v) is 11.3. The van der Waals surface area contributed by atoms with Gasteiger partial charge in [0.15, 0.2) is 4.80 Å². The van der Waals surface area contributed by atoms with Gasteiger partial charge in [0.05, 0.1) is 10.2 Å². The van der Waals surface area contributed by atoms with E-state index < -0.39 is 11.6 Å². The van der Waals surface area contributed by atoms with Crippen LogP contribution in [0.4, 0.5) is 8.78 Å². The molecule has 2 heterocycles. The lowest BCUT2D eigenvalue weighted by Gasteiger charge is -2.32. The van der Waals surface area contributed by atoms with Gasteiger partial charge in [-0.1, -0.05) is 28.1 Å². The van der Waals surface area contributed by atoms with Crippen LogP contribution in [-0.4, -0.2) is 47.1 Å². The number of aromatic nitrogens is 1. The highest BCUT2D eigenvalue weighted by Crippen LogP contribution is 2.25. The summed E-state index contributed by atoms with van der Waals surface area (Å²) < 4.78 is 30.6. The molecule has 164 valence electrons. The highest BCUT2D eigenvalue weighted by atomic mass is 35.5. The Balaban J connectivity index is 1.42. The van der Waals surface area contributed by atoms with E-state index in [0.29, 0.717) is 12.5 Å². The van der Waals surface area contributed by atoms with Crippen LogP contribution < -0.4 is 4.80 Å². The minimum absolute atomic E-state index is 0.124. The Hall–Kier alpha value is -2.29. The standard InChI is InChI=1S/C22H23ClF2N4OS/c1-26-22-29(20-5-2-15(23)10-21(20)31-22)12-14-6-8-28(9-7-14)13-19(27-30)17-4-3-16(24)11-18(17)25/h2-5,10-11,14,30H,6-9,12-13H2,1H3/b26-22?,27-19+. The molecule has 1 aliphatic rings. The van der Waals surface area contributed by atoms with Gasteiger partial charge < -0.3 is 9.77 Å². The van der Waals surface area contributed by atoms with E-state index in [4.69, 9.17) is 11.6 Å². The fourth-order valence-corrected chi connectivity index (χ4v) is 5.36. The number of rotatable bonds is 5. The van der Waals surface area contributed by atoms with E-state index in [-0.39, 0.29) is 11.3 Å². The maximum atomic E-state index is 14.1. The molecule has 1 aliphatic heterocycles. The SMILES string of the molecule is CN=c1sc2cc(Cl)ccc2n1CC1CCN(C/C(=N\O)c2ccc(F)cc2F)CC1. The van der Waals surface area contributed by atoms with Crippen molar-refractivity contribution in [2.24, 2.45) is 16.1 Å². The molecule has 0 unspecified atom stereocenters. The first-order chi connectivity index (χ1) is 15.0. The van der Waals surface area contributed by atoms with E-state index >= 15 is 0 Å². The van der Waals surface area contributed by atoms with Gasteiger partial charge >= 0.3 is 0 Å². The van der Waals surface area contributed by atoms with E-state index in [2.05, 4.69) is 19.6 Å². The molecule has 0 saturated carbocycles. The van der Waals surface area contributed by atoms with Crippen LogP contribution >= 0.6 is 22.9 Å². The highest BCUT2D eigenvalue weighted by Gasteiger charge is 2.23. The van der Waals surface area contributed by atoms with Crippen molar-refractivity contribution in [3.05, 3.63) is 63.4 Å². The molecule has 0 radical (unpaired) electrons. The molecule has 5 nitrogen and oxygen atoms in total. The van der Waals surface area contributed by atoms with E-state index in [0.717, 1.165) is 58.6 Å². The van der Waals surface area contributed by atoms with E-state index in [1.54, 1.807) is 18.4 Å². The zero-order chi connectivity index (χ0) is 22.0. The Kier molecular flexibility index (Phi) is 6.69. The summed E-state index contributed by atoms with van der Waals surface area (Å²) in [6.45, 7) is 2.79. The zero-order valence-corrected chi connectivity index (χ0v) is 18.6. The Labute approximate surface area is 187 Å². The van der Waals surface area contributed by atoms with Crippen molar-refractivity contribution >= 4 is 38.9 Å². The van der Waals surface area contributed by atoms with Crippen molar-refractivity contribution in [1.82, 2.24) is 9.47 Å². The molecule has 1 fully saturated rings. The van der Waals surface area contributed by atoms with Crippen LogP contribution in [0.2, 0.25) is 5.02 Å². The lowest BCUT2D eigenvalue weighted by atomic mass is 9.96. The number of benzene rings is 2. The molecule has 0 bridgehead atoms. The highest BCUT2D eigenvalue weighted by molar-refractivity contribution is 7.16. The molecule has 0 amide bonds.